The minimum absolute atomic E-state index is 0.0389. The fourth-order valence-electron chi connectivity index (χ4n) is 2.38. The molecular weight excluding hydrogens is 272 g/mol. The molecule has 1 fully saturated rings. The molecule has 0 aliphatic carbocycles. The van der Waals surface area contributed by atoms with Crippen molar-refractivity contribution < 1.29 is 9.72 Å². The molecule has 0 saturated carbocycles. The van der Waals surface area contributed by atoms with Gasteiger partial charge in [0.25, 0.3) is 5.69 Å². The Morgan fingerprint density at radius 3 is 2.71 bits per heavy atom. The number of rotatable bonds is 6. The number of anilines is 1. The van der Waals surface area contributed by atoms with Crippen LogP contribution in [-0.4, -0.2) is 47.4 Å². The zero-order valence-electron chi connectivity index (χ0n) is 12.3. The summed E-state index contributed by atoms with van der Waals surface area (Å²) in [5.41, 5.74) is 1.36. The highest BCUT2D eigenvalue weighted by atomic mass is 16.6. The number of nitrogens with zero attached hydrogens (tertiary/aromatic N) is 3. The van der Waals surface area contributed by atoms with Crippen LogP contribution in [0.15, 0.2) is 18.2 Å². The zero-order valence-corrected chi connectivity index (χ0v) is 12.3. The molecule has 0 aromatic heterocycles. The van der Waals surface area contributed by atoms with Crippen molar-refractivity contribution in [3.05, 3.63) is 33.9 Å². The van der Waals surface area contributed by atoms with Crippen molar-refractivity contribution >= 4 is 17.4 Å². The molecule has 21 heavy (non-hydrogen) atoms. The van der Waals surface area contributed by atoms with Crippen LogP contribution in [0.3, 0.4) is 0 Å². The van der Waals surface area contributed by atoms with Crippen LogP contribution in [0.4, 0.5) is 16.2 Å². The minimum atomic E-state index is -0.389. The minimum Gasteiger partial charge on any atom is -0.379 e. The predicted octanol–water partition coefficient (Wildman–Crippen LogP) is 2.28. The van der Waals surface area contributed by atoms with Gasteiger partial charge in [0.15, 0.2) is 0 Å². The first-order valence-corrected chi connectivity index (χ1v) is 7.04. The number of carbonyl (C=O) groups excluding carboxylic acids is 1. The molecule has 1 aliphatic rings. The smallest absolute Gasteiger partial charge is 0.320 e. The fraction of sp³-hybridized carbons (Fsp3) is 0.500. The molecule has 0 radical (unpaired) electrons. The van der Waals surface area contributed by atoms with Gasteiger partial charge in [-0.15, -0.1) is 0 Å². The number of benzene rings is 1. The molecule has 7 heteroatoms. The number of nitro benzene ring substituents is 1. The molecule has 1 heterocycles. The van der Waals surface area contributed by atoms with Crippen LogP contribution in [0.5, 0.6) is 0 Å². The molecule has 2 rings (SSSR count). The van der Waals surface area contributed by atoms with E-state index in [1.807, 2.05) is 13.0 Å². The van der Waals surface area contributed by atoms with Crippen LogP contribution in [-0.2, 0) is 6.54 Å². The van der Waals surface area contributed by atoms with Crippen LogP contribution in [0.2, 0.25) is 0 Å². The summed E-state index contributed by atoms with van der Waals surface area (Å²) < 4.78 is 0. The SMILES string of the molecule is CCCNc1c(CN2CCN(C)C2=O)cccc1[N+](=O)[O-]. The topological polar surface area (TPSA) is 78.7 Å². The summed E-state index contributed by atoms with van der Waals surface area (Å²) in [5.74, 6) is 0. The number of amides is 2. The number of nitrogens with one attached hydrogen (secondary N) is 1. The van der Waals surface area contributed by atoms with E-state index in [0.717, 1.165) is 12.0 Å². The third kappa shape index (κ3) is 3.24. The molecule has 1 aromatic carbocycles. The standard InChI is InChI=1S/C14H20N4O3/c1-3-7-15-13-11(5-4-6-12(13)18(20)21)10-17-9-8-16(2)14(17)19/h4-6,15H,3,7-10H2,1-2H3. The number of para-hydroxylation sites is 1. The molecule has 7 nitrogen and oxygen atoms in total. The van der Waals surface area contributed by atoms with Crippen molar-refractivity contribution in [2.45, 2.75) is 19.9 Å². The molecule has 1 aliphatic heterocycles. The van der Waals surface area contributed by atoms with E-state index >= 15 is 0 Å². The molecule has 0 atom stereocenters. The Bertz CT molecular complexity index is 547. The van der Waals surface area contributed by atoms with Gasteiger partial charge >= 0.3 is 6.03 Å². The number of carbonyl (C=O) groups is 1. The van der Waals surface area contributed by atoms with Gasteiger partial charge in [-0.25, -0.2) is 4.79 Å². The Hall–Kier alpha value is -2.31. The number of nitro groups is 1. The van der Waals surface area contributed by atoms with E-state index in [9.17, 15) is 14.9 Å². The second kappa shape index (κ2) is 6.43. The van der Waals surface area contributed by atoms with Gasteiger partial charge in [-0.05, 0) is 6.42 Å². The van der Waals surface area contributed by atoms with Crippen molar-refractivity contribution in [1.29, 1.82) is 0 Å². The van der Waals surface area contributed by atoms with Gasteiger partial charge in [0.2, 0.25) is 0 Å². The largest absolute Gasteiger partial charge is 0.379 e. The first-order valence-electron chi connectivity index (χ1n) is 7.04. The lowest BCUT2D eigenvalue weighted by Gasteiger charge is -2.18. The molecule has 0 bridgehead atoms. The third-order valence-electron chi connectivity index (χ3n) is 3.54. The highest BCUT2D eigenvalue weighted by molar-refractivity contribution is 5.77. The third-order valence-corrected chi connectivity index (χ3v) is 3.54. The summed E-state index contributed by atoms with van der Waals surface area (Å²) >= 11 is 0. The van der Waals surface area contributed by atoms with Crippen LogP contribution in [0, 0.1) is 10.1 Å². The van der Waals surface area contributed by atoms with Gasteiger partial charge in [-0.2, -0.15) is 0 Å². The van der Waals surface area contributed by atoms with E-state index in [2.05, 4.69) is 5.32 Å². The second-order valence-corrected chi connectivity index (χ2v) is 5.12. The Labute approximate surface area is 123 Å². The molecule has 0 unspecified atom stereocenters. The Balaban J connectivity index is 2.27. The summed E-state index contributed by atoms with van der Waals surface area (Å²) in [5, 5.41) is 14.3. The number of urea groups is 1. The lowest BCUT2D eigenvalue weighted by atomic mass is 10.1. The lowest BCUT2D eigenvalue weighted by Crippen LogP contribution is -2.29. The summed E-state index contributed by atoms with van der Waals surface area (Å²) in [4.78, 5) is 26.1. The first-order chi connectivity index (χ1) is 10.0. The number of hydrogen-bond donors (Lipinski definition) is 1. The average Bonchev–Trinajstić information content (AvgIpc) is 2.77. The summed E-state index contributed by atoms with van der Waals surface area (Å²) in [6.07, 6.45) is 0.872. The van der Waals surface area contributed by atoms with Crippen molar-refractivity contribution in [3.63, 3.8) is 0 Å². The van der Waals surface area contributed by atoms with Crippen LogP contribution in [0.25, 0.3) is 0 Å². The van der Waals surface area contributed by atoms with E-state index < -0.39 is 0 Å². The lowest BCUT2D eigenvalue weighted by molar-refractivity contribution is -0.384. The highest BCUT2D eigenvalue weighted by Crippen LogP contribution is 2.29. The van der Waals surface area contributed by atoms with E-state index in [4.69, 9.17) is 0 Å². The maximum atomic E-state index is 12.0. The fourth-order valence-corrected chi connectivity index (χ4v) is 2.38. The number of likely N-dealkylation sites (N-methyl/N-ethyl adjacent to an activating group) is 1. The van der Waals surface area contributed by atoms with E-state index in [-0.39, 0.29) is 16.6 Å². The van der Waals surface area contributed by atoms with Crippen molar-refractivity contribution in [1.82, 2.24) is 9.80 Å². The monoisotopic (exact) mass is 292 g/mol. The summed E-state index contributed by atoms with van der Waals surface area (Å²) in [6, 6.07) is 4.94. The van der Waals surface area contributed by atoms with Gasteiger partial charge < -0.3 is 15.1 Å². The van der Waals surface area contributed by atoms with E-state index in [1.165, 1.54) is 6.07 Å². The van der Waals surface area contributed by atoms with Gasteiger partial charge in [0, 0.05) is 44.9 Å². The van der Waals surface area contributed by atoms with Gasteiger partial charge in [0.1, 0.15) is 5.69 Å². The molecule has 2 amide bonds. The average molecular weight is 292 g/mol. The molecule has 114 valence electrons. The van der Waals surface area contributed by atoms with Gasteiger partial charge in [0.05, 0.1) is 4.92 Å². The first kappa shape index (κ1) is 15.1. The maximum absolute atomic E-state index is 12.0. The Morgan fingerprint density at radius 2 is 2.14 bits per heavy atom. The van der Waals surface area contributed by atoms with Crippen molar-refractivity contribution in [2.75, 3.05) is 32.0 Å². The summed E-state index contributed by atoms with van der Waals surface area (Å²) in [7, 11) is 1.76. The number of hydrogen-bond acceptors (Lipinski definition) is 4. The van der Waals surface area contributed by atoms with E-state index in [0.29, 0.717) is 31.9 Å². The molecular formula is C14H20N4O3. The molecule has 1 N–H and O–H groups in total. The molecule has 0 spiro atoms. The van der Waals surface area contributed by atoms with Crippen LogP contribution < -0.4 is 5.32 Å². The quantitative estimate of drug-likeness (QED) is 0.644. The van der Waals surface area contributed by atoms with Crippen molar-refractivity contribution in [3.8, 4) is 0 Å². The Kier molecular flexibility index (Phi) is 4.62. The zero-order chi connectivity index (χ0) is 15.4. The van der Waals surface area contributed by atoms with E-state index in [1.54, 1.807) is 22.9 Å². The maximum Gasteiger partial charge on any atom is 0.320 e. The van der Waals surface area contributed by atoms with Crippen molar-refractivity contribution in [2.24, 2.45) is 0 Å². The predicted molar refractivity (Wildman–Crippen MR) is 80.3 cm³/mol. The second-order valence-electron chi connectivity index (χ2n) is 5.12. The van der Waals surface area contributed by atoms with Gasteiger partial charge in [-0.1, -0.05) is 19.1 Å². The van der Waals surface area contributed by atoms with Crippen LogP contribution in [0.1, 0.15) is 18.9 Å². The summed E-state index contributed by atoms with van der Waals surface area (Å²) in [6.45, 7) is 4.37. The van der Waals surface area contributed by atoms with Gasteiger partial charge in [-0.3, -0.25) is 10.1 Å². The van der Waals surface area contributed by atoms with Crippen LogP contribution >= 0.6 is 0 Å². The molecule has 1 aromatic rings. The highest BCUT2D eigenvalue weighted by Gasteiger charge is 2.27. The molecule has 1 saturated heterocycles. The normalized spacial score (nSPS) is 14.7. The Morgan fingerprint density at radius 1 is 1.38 bits per heavy atom.